The molecular formula is C23H23F3N2O6. The van der Waals surface area contributed by atoms with Crippen molar-refractivity contribution < 1.29 is 42.1 Å². The zero-order chi connectivity index (χ0) is 24.9. The lowest BCUT2D eigenvalue weighted by molar-refractivity contribution is -0.183. The molecule has 0 heterocycles. The van der Waals surface area contributed by atoms with Gasteiger partial charge in [0.2, 0.25) is 11.9 Å². The van der Waals surface area contributed by atoms with Crippen LogP contribution in [0, 0.1) is 0 Å². The Bertz CT molecular complexity index is 1010. The summed E-state index contributed by atoms with van der Waals surface area (Å²) in [5.74, 6) is -3.65. The number of carboxylic acids is 1. The van der Waals surface area contributed by atoms with E-state index in [1.165, 1.54) is 5.32 Å². The lowest BCUT2D eigenvalue weighted by Gasteiger charge is -2.21. The minimum Gasteiger partial charge on any atom is -0.479 e. The van der Waals surface area contributed by atoms with E-state index in [4.69, 9.17) is 14.6 Å². The second-order valence-corrected chi connectivity index (χ2v) is 7.59. The summed E-state index contributed by atoms with van der Waals surface area (Å²) < 4.78 is 48.4. The predicted molar refractivity (Wildman–Crippen MR) is 114 cm³/mol. The Labute approximate surface area is 193 Å². The molecule has 0 radical (unpaired) electrons. The molecule has 0 aromatic heterocycles. The molecular weight excluding hydrogens is 457 g/mol. The van der Waals surface area contributed by atoms with Gasteiger partial charge in [-0.15, -0.1) is 0 Å². The Morgan fingerprint density at radius 1 is 1.03 bits per heavy atom. The number of ether oxygens (including phenoxy) is 2. The van der Waals surface area contributed by atoms with E-state index in [0.29, 0.717) is 0 Å². The second kappa shape index (κ2) is 10.6. The van der Waals surface area contributed by atoms with Crippen molar-refractivity contribution in [3.8, 4) is 11.1 Å². The maximum absolute atomic E-state index is 12.7. The Hall–Kier alpha value is -3.60. The second-order valence-electron chi connectivity index (χ2n) is 7.59. The third-order valence-corrected chi connectivity index (χ3v) is 5.46. The van der Waals surface area contributed by atoms with E-state index >= 15 is 0 Å². The molecule has 0 aliphatic heterocycles. The molecule has 0 fully saturated rings. The molecule has 2 amide bonds. The number of rotatable bonds is 9. The summed E-state index contributed by atoms with van der Waals surface area (Å²) in [4.78, 5) is 34.9. The van der Waals surface area contributed by atoms with Crippen molar-refractivity contribution in [1.82, 2.24) is 10.6 Å². The first-order valence-electron chi connectivity index (χ1n) is 10.3. The standard InChI is InChI=1S/C23H23F3N2O6/c1-33-18(20(29)28-19(21(30)31)23(24,25)26)10-11-27-22(32)34-12-17-15-8-4-2-6-13(15)14-7-3-5-9-16(14)17/h2-9,17-19H,10-12H2,1H3,(H,27,32)(H,28,29)(H,30,31). The first-order chi connectivity index (χ1) is 16.1. The van der Waals surface area contributed by atoms with Crippen molar-refractivity contribution in [3.63, 3.8) is 0 Å². The van der Waals surface area contributed by atoms with Gasteiger partial charge in [0.05, 0.1) is 0 Å². The van der Waals surface area contributed by atoms with Crippen LogP contribution in [0.2, 0.25) is 0 Å². The molecule has 1 aliphatic rings. The van der Waals surface area contributed by atoms with Crippen molar-refractivity contribution in [2.75, 3.05) is 20.3 Å². The number of aliphatic carboxylic acids is 1. The van der Waals surface area contributed by atoms with Crippen molar-refractivity contribution >= 4 is 18.0 Å². The molecule has 2 atom stereocenters. The van der Waals surface area contributed by atoms with Crippen LogP contribution in [0.4, 0.5) is 18.0 Å². The van der Waals surface area contributed by atoms with Gasteiger partial charge in [-0.05, 0) is 22.3 Å². The van der Waals surface area contributed by atoms with Gasteiger partial charge in [-0.3, -0.25) is 4.79 Å². The number of hydrogen-bond donors (Lipinski definition) is 3. The van der Waals surface area contributed by atoms with Crippen LogP contribution >= 0.6 is 0 Å². The highest BCUT2D eigenvalue weighted by atomic mass is 19.4. The quantitative estimate of drug-likeness (QED) is 0.509. The Morgan fingerprint density at radius 2 is 1.59 bits per heavy atom. The summed E-state index contributed by atoms with van der Waals surface area (Å²) in [5, 5.41) is 12.5. The number of hydrogen-bond acceptors (Lipinski definition) is 5. The average Bonchev–Trinajstić information content (AvgIpc) is 3.11. The molecule has 8 nitrogen and oxygen atoms in total. The smallest absolute Gasteiger partial charge is 0.419 e. The molecule has 182 valence electrons. The van der Waals surface area contributed by atoms with E-state index in [1.807, 2.05) is 48.5 Å². The first kappa shape index (κ1) is 25.0. The molecule has 2 aromatic rings. The lowest BCUT2D eigenvalue weighted by atomic mass is 9.98. The summed E-state index contributed by atoms with van der Waals surface area (Å²) in [6.07, 6.45) is -7.54. The van der Waals surface area contributed by atoms with E-state index < -0.39 is 36.3 Å². The number of fused-ring (bicyclic) bond motifs is 3. The molecule has 0 spiro atoms. The summed E-state index contributed by atoms with van der Waals surface area (Å²) >= 11 is 0. The number of carbonyl (C=O) groups is 3. The van der Waals surface area contributed by atoms with E-state index in [-0.39, 0.29) is 25.5 Å². The summed E-state index contributed by atoms with van der Waals surface area (Å²) in [5.41, 5.74) is 4.20. The molecule has 0 bridgehead atoms. The number of amides is 2. The fourth-order valence-electron chi connectivity index (χ4n) is 3.83. The van der Waals surface area contributed by atoms with Gasteiger partial charge in [0.15, 0.2) is 0 Å². The van der Waals surface area contributed by atoms with Crippen LogP contribution < -0.4 is 10.6 Å². The fourth-order valence-corrected chi connectivity index (χ4v) is 3.83. The number of nitrogens with one attached hydrogen (secondary N) is 2. The molecule has 0 saturated carbocycles. The minimum absolute atomic E-state index is 0.0694. The van der Waals surface area contributed by atoms with Gasteiger partial charge in [-0.1, -0.05) is 48.5 Å². The topological polar surface area (TPSA) is 114 Å². The van der Waals surface area contributed by atoms with Crippen LogP contribution in [0.25, 0.3) is 11.1 Å². The Balaban J connectivity index is 1.51. The fraction of sp³-hybridized carbons (Fsp3) is 0.348. The summed E-state index contributed by atoms with van der Waals surface area (Å²) in [6, 6.07) is 12.5. The van der Waals surface area contributed by atoms with Crippen LogP contribution in [0.5, 0.6) is 0 Å². The van der Waals surface area contributed by atoms with Gasteiger partial charge in [-0.25, -0.2) is 9.59 Å². The maximum atomic E-state index is 12.7. The van der Waals surface area contributed by atoms with Gasteiger partial charge < -0.3 is 25.2 Å². The Kier molecular flexibility index (Phi) is 7.77. The molecule has 0 saturated heterocycles. The summed E-state index contributed by atoms with van der Waals surface area (Å²) in [6.45, 7) is -0.0771. The molecule has 11 heteroatoms. The van der Waals surface area contributed by atoms with Crippen molar-refractivity contribution in [2.45, 2.75) is 30.7 Å². The molecule has 34 heavy (non-hydrogen) atoms. The normalized spacial score (nSPS) is 14.5. The number of methoxy groups -OCH3 is 1. The minimum atomic E-state index is -5.17. The van der Waals surface area contributed by atoms with Crippen LogP contribution in [-0.2, 0) is 19.1 Å². The number of alkyl carbamates (subject to hydrolysis) is 1. The number of benzene rings is 2. The molecule has 3 N–H and O–H groups in total. The van der Waals surface area contributed by atoms with Gasteiger partial charge in [-0.2, -0.15) is 13.2 Å². The largest absolute Gasteiger partial charge is 0.479 e. The number of alkyl halides is 3. The average molecular weight is 480 g/mol. The summed E-state index contributed by atoms with van der Waals surface area (Å²) in [7, 11) is 1.08. The van der Waals surface area contributed by atoms with E-state index in [2.05, 4.69) is 5.32 Å². The van der Waals surface area contributed by atoms with E-state index in [0.717, 1.165) is 29.4 Å². The van der Waals surface area contributed by atoms with Crippen molar-refractivity contribution in [2.24, 2.45) is 0 Å². The monoisotopic (exact) mass is 480 g/mol. The molecule has 3 rings (SSSR count). The molecule has 2 aromatic carbocycles. The molecule has 1 aliphatic carbocycles. The van der Waals surface area contributed by atoms with Gasteiger partial charge in [0.1, 0.15) is 12.7 Å². The van der Waals surface area contributed by atoms with Crippen molar-refractivity contribution in [3.05, 3.63) is 59.7 Å². The van der Waals surface area contributed by atoms with Gasteiger partial charge in [0, 0.05) is 26.0 Å². The number of carboxylic acid groups (broad SMARTS) is 1. The maximum Gasteiger partial charge on any atom is 0.419 e. The van der Waals surface area contributed by atoms with Crippen LogP contribution in [0.15, 0.2) is 48.5 Å². The highest BCUT2D eigenvalue weighted by Gasteiger charge is 2.47. The van der Waals surface area contributed by atoms with E-state index in [1.54, 1.807) is 0 Å². The van der Waals surface area contributed by atoms with E-state index in [9.17, 15) is 27.6 Å². The van der Waals surface area contributed by atoms with Crippen LogP contribution in [0.3, 0.4) is 0 Å². The third kappa shape index (κ3) is 5.66. The highest BCUT2D eigenvalue weighted by Crippen LogP contribution is 2.44. The predicted octanol–water partition coefficient (Wildman–Crippen LogP) is 3.06. The lowest BCUT2D eigenvalue weighted by Crippen LogP contribution is -2.53. The Morgan fingerprint density at radius 3 is 2.09 bits per heavy atom. The zero-order valence-electron chi connectivity index (χ0n) is 18.1. The van der Waals surface area contributed by atoms with Crippen molar-refractivity contribution in [1.29, 1.82) is 0 Å². The third-order valence-electron chi connectivity index (χ3n) is 5.46. The van der Waals surface area contributed by atoms with Gasteiger partial charge >= 0.3 is 18.2 Å². The first-order valence-corrected chi connectivity index (χ1v) is 10.3. The van der Waals surface area contributed by atoms with Crippen LogP contribution in [-0.4, -0.2) is 61.7 Å². The zero-order valence-corrected chi connectivity index (χ0v) is 18.1. The molecule has 2 unspecified atom stereocenters. The number of halogens is 3. The SMILES string of the molecule is COC(CCNC(=O)OCC1c2ccccc2-c2ccccc21)C(=O)NC(C(=O)O)C(F)(F)F. The van der Waals surface area contributed by atoms with Crippen LogP contribution in [0.1, 0.15) is 23.5 Å². The number of carbonyl (C=O) groups excluding carboxylic acids is 2. The van der Waals surface area contributed by atoms with Gasteiger partial charge in [0.25, 0.3) is 0 Å². The highest BCUT2D eigenvalue weighted by molar-refractivity contribution is 5.87.